The molecule has 0 saturated heterocycles. The van der Waals surface area contributed by atoms with Gasteiger partial charge < -0.3 is 30.9 Å². The number of methoxy groups -OCH3 is 1. The fraction of sp³-hybridized carbons (Fsp3) is 0.147. The SMILES string of the molecule is COc1cc(N(C(C)=O)c2ccc(C(CC(=O)O)NC(=O)c3ccc(C(=O)O)cc3)cc2)ccc1NC(=O)Nc1ccccc1C. The minimum Gasteiger partial charge on any atom is -0.494 e. The summed E-state index contributed by atoms with van der Waals surface area (Å²) in [5.41, 5.74) is 3.48. The van der Waals surface area contributed by atoms with Gasteiger partial charge in [0.1, 0.15) is 5.75 Å². The third-order valence-corrected chi connectivity index (χ3v) is 7.03. The first-order valence-electron chi connectivity index (χ1n) is 14.0. The molecule has 12 heteroatoms. The van der Waals surface area contributed by atoms with Gasteiger partial charge in [0, 0.05) is 29.9 Å². The summed E-state index contributed by atoms with van der Waals surface area (Å²) >= 11 is 0. The van der Waals surface area contributed by atoms with E-state index in [2.05, 4.69) is 16.0 Å². The van der Waals surface area contributed by atoms with Crippen molar-refractivity contribution in [3.63, 3.8) is 0 Å². The van der Waals surface area contributed by atoms with Crippen molar-refractivity contribution >= 4 is 52.5 Å². The number of aryl methyl sites for hydroxylation is 1. The van der Waals surface area contributed by atoms with E-state index in [4.69, 9.17) is 9.84 Å². The van der Waals surface area contributed by atoms with Gasteiger partial charge in [0.25, 0.3) is 5.91 Å². The molecule has 1 unspecified atom stereocenters. The normalized spacial score (nSPS) is 11.1. The fourth-order valence-electron chi connectivity index (χ4n) is 4.71. The number of urea groups is 1. The Balaban J connectivity index is 1.54. The highest BCUT2D eigenvalue weighted by atomic mass is 16.5. The molecule has 12 nitrogen and oxygen atoms in total. The van der Waals surface area contributed by atoms with Crippen LogP contribution in [0.3, 0.4) is 0 Å². The summed E-state index contributed by atoms with van der Waals surface area (Å²) in [5, 5.41) is 26.8. The van der Waals surface area contributed by atoms with Gasteiger partial charge in [0.05, 0.1) is 36.5 Å². The van der Waals surface area contributed by atoms with Gasteiger partial charge in [-0.25, -0.2) is 9.59 Å². The standard InChI is InChI=1S/C34H32N4O8/c1-20-6-4-5-7-27(20)36-34(45)37-28-17-16-26(18-30(28)46-3)38(21(2)39)25-14-12-22(13-15-25)29(19-31(40)41)35-32(42)23-8-10-24(11-9-23)33(43)44/h4-18,29H,19H2,1-3H3,(H,35,42)(H,40,41)(H,43,44)(H2,36,37,45). The number of rotatable bonds is 11. The van der Waals surface area contributed by atoms with Gasteiger partial charge in [-0.3, -0.25) is 19.3 Å². The van der Waals surface area contributed by atoms with E-state index in [9.17, 15) is 29.1 Å². The Morgan fingerprint density at radius 3 is 1.98 bits per heavy atom. The summed E-state index contributed by atoms with van der Waals surface area (Å²) in [6.07, 6.45) is -0.419. The van der Waals surface area contributed by atoms with Gasteiger partial charge in [-0.15, -0.1) is 0 Å². The topological polar surface area (TPSA) is 174 Å². The molecule has 0 radical (unpaired) electrons. The summed E-state index contributed by atoms with van der Waals surface area (Å²) < 4.78 is 5.50. The van der Waals surface area contributed by atoms with Crippen molar-refractivity contribution in [2.75, 3.05) is 22.6 Å². The quantitative estimate of drug-likeness (QED) is 0.136. The largest absolute Gasteiger partial charge is 0.494 e. The summed E-state index contributed by atoms with van der Waals surface area (Å²) in [6, 6.07) is 22.5. The average Bonchev–Trinajstić information content (AvgIpc) is 3.02. The fourth-order valence-corrected chi connectivity index (χ4v) is 4.71. The Kier molecular flexibility index (Phi) is 10.3. The number of benzene rings is 4. The number of amides is 4. The predicted octanol–water partition coefficient (Wildman–Crippen LogP) is 5.98. The Labute approximate surface area is 264 Å². The molecule has 0 aliphatic heterocycles. The highest BCUT2D eigenvalue weighted by molar-refractivity contribution is 6.03. The highest BCUT2D eigenvalue weighted by Crippen LogP contribution is 2.34. The maximum Gasteiger partial charge on any atom is 0.335 e. The molecule has 0 saturated carbocycles. The minimum atomic E-state index is -1.14. The van der Waals surface area contributed by atoms with Crippen LogP contribution in [0.15, 0.2) is 91.0 Å². The Morgan fingerprint density at radius 2 is 1.39 bits per heavy atom. The van der Waals surface area contributed by atoms with Crippen molar-refractivity contribution in [3.05, 3.63) is 113 Å². The summed E-state index contributed by atoms with van der Waals surface area (Å²) in [5.74, 6) is -2.88. The summed E-state index contributed by atoms with van der Waals surface area (Å²) in [4.78, 5) is 62.5. The van der Waals surface area contributed by atoms with E-state index in [1.54, 1.807) is 48.5 Å². The van der Waals surface area contributed by atoms with E-state index in [1.165, 1.54) is 43.2 Å². The zero-order valence-electron chi connectivity index (χ0n) is 25.2. The van der Waals surface area contributed by atoms with Gasteiger partial charge in [-0.2, -0.15) is 0 Å². The lowest BCUT2D eigenvalue weighted by atomic mass is 10.0. The van der Waals surface area contributed by atoms with Crippen molar-refractivity contribution in [2.45, 2.75) is 26.3 Å². The monoisotopic (exact) mass is 624 g/mol. The second-order valence-electron chi connectivity index (χ2n) is 10.2. The molecule has 0 aliphatic rings. The molecule has 4 aromatic carbocycles. The summed E-state index contributed by atoms with van der Waals surface area (Å²) in [7, 11) is 1.44. The van der Waals surface area contributed by atoms with Crippen molar-refractivity contribution in [1.29, 1.82) is 0 Å². The molecule has 0 spiro atoms. The van der Waals surface area contributed by atoms with E-state index in [-0.39, 0.29) is 17.0 Å². The van der Waals surface area contributed by atoms with Crippen LogP contribution in [-0.4, -0.2) is 47.1 Å². The van der Waals surface area contributed by atoms with Crippen molar-refractivity contribution in [1.82, 2.24) is 5.32 Å². The maximum absolute atomic E-state index is 12.9. The number of carboxylic acids is 2. The highest BCUT2D eigenvalue weighted by Gasteiger charge is 2.22. The molecule has 0 aliphatic carbocycles. The van der Waals surface area contributed by atoms with E-state index in [1.807, 2.05) is 25.1 Å². The van der Waals surface area contributed by atoms with Crippen molar-refractivity contribution in [3.8, 4) is 5.75 Å². The number of carboxylic acid groups (broad SMARTS) is 2. The second-order valence-corrected chi connectivity index (χ2v) is 10.2. The lowest BCUT2D eigenvalue weighted by molar-refractivity contribution is -0.137. The van der Waals surface area contributed by atoms with Gasteiger partial charge in [0.15, 0.2) is 0 Å². The molecule has 4 aromatic rings. The number of nitrogens with one attached hydrogen (secondary N) is 3. The Morgan fingerprint density at radius 1 is 0.783 bits per heavy atom. The van der Waals surface area contributed by atoms with E-state index >= 15 is 0 Å². The first-order chi connectivity index (χ1) is 22.0. The number of ether oxygens (including phenoxy) is 1. The molecular weight excluding hydrogens is 592 g/mol. The summed E-state index contributed by atoms with van der Waals surface area (Å²) in [6.45, 7) is 3.26. The first-order valence-corrected chi connectivity index (χ1v) is 14.0. The lowest BCUT2D eigenvalue weighted by Crippen LogP contribution is -2.30. The number of para-hydroxylation sites is 1. The number of anilines is 4. The molecular formula is C34H32N4O8. The third-order valence-electron chi connectivity index (χ3n) is 7.03. The van der Waals surface area contributed by atoms with Crippen LogP contribution in [0.1, 0.15) is 51.2 Å². The number of aliphatic carboxylic acids is 1. The number of carbonyl (C=O) groups is 5. The molecule has 236 valence electrons. The second kappa shape index (κ2) is 14.5. The number of hydrogen-bond donors (Lipinski definition) is 5. The molecule has 46 heavy (non-hydrogen) atoms. The van der Waals surface area contributed by atoms with Crippen LogP contribution in [0.4, 0.5) is 27.5 Å². The lowest BCUT2D eigenvalue weighted by Gasteiger charge is -2.24. The molecule has 1 atom stereocenters. The molecule has 0 bridgehead atoms. The zero-order valence-corrected chi connectivity index (χ0v) is 25.2. The third kappa shape index (κ3) is 8.05. The van der Waals surface area contributed by atoms with Crippen LogP contribution in [0, 0.1) is 6.92 Å². The van der Waals surface area contributed by atoms with Crippen LogP contribution in [-0.2, 0) is 9.59 Å². The number of hydrogen-bond acceptors (Lipinski definition) is 6. The molecule has 0 aromatic heterocycles. The molecule has 4 amide bonds. The van der Waals surface area contributed by atoms with Crippen LogP contribution in [0.2, 0.25) is 0 Å². The van der Waals surface area contributed by atoms with Gasteiger partial charge in [0.2, 0.25) is 5.91 Å². The smallest absolute Gasteiger partial charge is 0.335 e. The van der Waals surface area contributed by atoms with E-state index < -0.39 is 36.3 Å². The average molecular weight is 625 g/mol. The van der Waals surface area contributed by atoms with Crippen LogP contribution in [0.5, 0.6) is 5.75 Å². The molecule has 0 fully saturated rings. The number of nitrogens with zero attached hydrogens (tertiary/aromatic N) is 1. The van der Waals surface area contributed by atoms with Crippen LogP contribution < -0.4 is 25.6 Å². The Hall–Kier alpha value is -6.17. The minimum absolute atomic E-state index is 0.0106. The molecule has 0 heterocycles. The first kappa shape index (κ1) is 32.7. The number of carbonyl (C=O) groups excluding carboxylic acids is 3. The number of aromatic carboxylic acids is 1. The zero-order chi connectivity index (χ0) is 33.4. The molecule has 5 N–H and O–H groups in total. The Bertz CT molecular complexity index is 1770. The van der Waals surface area contributed by atoms with Crippen molar-refractivity contribution < 1.29 is 38.9 Å². The molecule has 4 rings (SSSR count). The van der Waals surface area contributed by atoms with Crippen LogP contribution >= 0.6 is 0 Å². The van der Waals surface area contributed by atoms with Gasteiger partial charge >= 0.3 is 18.0 Å². The van der Waals surface area contributed by atoms with E-state index in [0.717, 1.165) is 5.56 Å². The maximum atomic E-state index is 12.9. The van der Waals surface area contributed by atoms with Gasteiger partial charge in [-0.05, 0) is 72.6 Å². The van der Waals surface area contributed by atoms with E-state index in [0.29, 0.717) is 34.1 Å². The predicted molar refractivity (Wildman–Crippen MR) is 172 cm³/mol. The van der Waals surface area contributed by atoms with Gasteiger partial charge in [-0.1, -0.05) is 30.3 Å². The van der Waals surface area contributed by atoms with Crippen molar-refractivity contribution in [2.24, 2.45) is 0 Å². The van der Waals surface area contributed by atoms with Crippen LogP contribution in [0.25, 0.3) is 0 Å².